The molecule has 10 heteroatoms. The Hall–Kier alpha value is -2.85. The summed E-state index contributed by atoms with van der Waals surface area (Å²) < 4.78 is 53.2. The van der Waals surface area contributed by atoms with Crippen LogP contribution < -0.4 is 5.32 Å². The van der Waals surface area contributed by atoms with Crippen LogP contribution in [0.3, 0.4) is 0 Å². The van der Waals surface area contributed by atoms with Crippen molar-refractivity contribution in [2.75, 3.05) is 13.1 Å². The van der Waals surface area contributed by atoms with Crippen LogP contribution in [0.5, 0.6) is 0 Å². The summed E-state index contributed by atoms with van der Waals surface area (Å²) in [6, 6.07) is 9.76. The first-order valence-electron chi connectivity index (χ1n) is 9.96. The van der Waals surface area contributed by atoms with Crippen LogP contribution in [0.1, 0.15) is 31.6 Å². The maximum Gasteiger partial charge on any atom is 0.243 e. The quantitative estimate of drug-likeness (QED) is 0.627. The van der Waals surface area contributed by atoms with Crippen LogP contribution in [0.25, 0.3) is 11.0 Å². The molecule has 4 rings (SSSR count). The molecular formula is C21H22F2N4O3S. The van der Waals surface area contributed by atoms with Crippen LogP contribution in [0.4, 0.5) is 8.78 Å². The lowest BCUT2D eigenvalue weighted by Crippen LogP contribution is -2.43. The van der Waals surface area contributed by atoms with Crippen molar-refractivity contribution in [1.29, 1.82) is 0 Å². The van der Waals surface area contributed by atoms with E-state index in [0.29, 0.717) is 24.7 Å². The van der Waals surface area contributed by atoms with E-state index in [9.17, 15) is 22.0 Å². The Labute approximate surface area is 178 Å². The van der Waals surface area contributed by atoms with Crippen molar-refractivity contribution in [2.24, 2.45) is 5.92 Å². The Bertz CT molecular complexity index is 1190. The summed E-state index contributed by atoms with van der Waals surface area (Å²) in [5.74, 6) is -2.18. The highest BCUT2D eigenvalue weighted by atomic mass is 32.2. The van der Waals surface area contributed by atoms with Gasteiger partial charge in [0.1, 0.15) is 5.82 Å². The van der Waals surface area contributed by atoms with Gasteiger partial charge in [0, 0.05) is 19.0 Å². The number of sulfonamides is 1. The van der Waals surface area contributed by atoms with Crippen molar-refractivity contribution in [1.82, 2.24) is 19.6 Å². The average Bonchev–Trinajstić information content (AvgIpc) is 3.20. The maximum absolute atomic E-state index is 13.5. The number of nitrogens with zero attached hydrogens (tertiary/aromatic N) is 2. The second kappa shape index (κ2) is 8.35. The molecule has 3 aromatic rings. The third-order valence-corrected chi connectivity index (χ3v) is 7.42. The molecule has 0 bridgehead atoms. The lowest BCUT2D eigenvalue weighted by molar-refractivity contribution is -0.126. The van der Waals surface area contributed by atoms with Crippen molar-refractivity contribution in [3.8, 4) is 0 Å². The molecule has 1 fully saturated rings. The fraction of sp³-hybridized carbons (Fsp3) is 0.333. The number of carbonyl (C=O) groups is 1. The van der Waals surface area contributed by atoms with E-state index in [-0.39, 0.29) is 35.9 Å². The van der Waals surface area contributed by atoms with Crippen LogP contribution >= 0.6 is 0 Å². The maximum atomic E-state index is 13.5. The molecule has 1 atom stereocenters. The SMILES string of the molecule is CC(NC(=O)C1CCN(S(=O)(=O)c2ccc(F)c(F)c2)CC1)c1nc2ccccc2[nH]1. The Morgan fingerprint density at radius 1 is 1.16 bits per heavy atom. The van der Waals surface area contributed by atoms with Crippen molar-refractivity contribution < 1.29 is 22.0 Å². The normalized spacial score (nSPS) is 17.0. The van der Waals surface area contributed by atoms with Gasteiger partial charge in [0.15, 0.2) is 11.6 Å². The van der Waals surface area contributed by atoms with Gasteiger partial charge >= 0.3 is 0 Å². The van der Waals surface area contributed by atoms with Gasteiger partial charge in [-0.05, 0) is 50.1 Å². The number of H-pyrrole nitrogens is 1. The van der Waals surface area contributed by atoms with E-state index in [0.717, 1.165) is 23.2 Å². The fourth-order valence-electron chi connectivity index (χ4n) is 3.72. The molecular weight excluding hydrogens is 426 g/mol. The van der Waals surface area contributed by atoms with Crippen LogP contribution in [-0.4, -0.2) is 41.7 Å². The van der Waals surface area contributed by atoms with E-state index in [1.165, 1.54) is 4.31 Å². The van der Waals surface area contributed by atoms with E-state index in [1.807, 2.05) is 31.2 Å². The molecule has 1 saturated heterocycles. The molecule has 0 spiro atoms. The predicted octanol–water partition coefficient (Wildman–Crippen LogP) is 3.12. The van der Waals surface area contributed by atoms with Gasteiger partial charge in [0.05, 0.1) is 22.0 Å². The van der Waals surface area contributed by atoms with Gasteiger partial charge in [0.2, 0.25) is 15.9 Å². The van der Waals surface area contributed by atoms with Gasteiger partial charge in [-0.25, -0.2) is 22.2 Å². The number of amides is 1. The molecule has 0 radical (unpaired) electrons. The number of benzene rings is 2. The average molecular weight is 448 g/mol. The highest BCUT2D eigenvalue weighted by Gasteiger charge is 2.33. The van der Waals surface area contributed by atoms with E-state index >= 15 is 0 Å². The van der Waals surface area contributed by atoms with E-state index in [4.69, 9.17) is 0 Å². The van der Waals surface area contributed by atoms with Gasteiger partial charge in [-0.3, -0.25) is 4.79 Å². The summed E-state index contributed by atoms with van der Waals surface area (Å²) >= 11 is 0. The minimum absolute atomic E-state index is 0.123. The highest BCUT2D eigenvalue weighted by molar-refractivity contribution is 7.89. The first kappa shape index (κ1) is 21.4. The third-order valence-electron chi connectivity index (χ3n) is 5.53. The Morgan fingerprint density at radius 3 is 2.55 bits per heavy atom. The summed E-state index contributed by atoms with van der Waals surface area (Å²) in [5.41, 5.74) is 1.70. The first-order chi connectivity index (χ1) is 14.8. The summed E-state index contributed by atoms with van der Waals surface area (Å²) in [5, 5.41) is 2.93. The molecule has 1 unspecified atom stereocenters. The molecule has 0 saturated carbocycles. The summed E-state index contributed by atoms with van der Waals surface area (Å²) in [7, 11) is -3.95. The van der Waals surface area contributed by atoms with Crippen LogP contribution in [0.15, 0.2) is 47.4 Å². The lowest BCUT2D eigenvalue weighted by atomic mass is 9.97. The molecule has 164 valence electrons. The number of nitrogens with one attached hydrogen (secondary N) is 2. The second-order valence-electron chi connectivity index (χ2n) is 7.62. The first-order valence-corrected chi connectivity index (χ1v) is 11.4. The second-order valence-corrected chi connectivity index (χ2v) is 9.56. The largest absolute Gasteiger partial charge is 0.346 e. The molecule has 1 aliphatic rings. The topological polar surface area (TPSA) is 95.2 Å². The van der Waals surface area contributed by atoms with E-state index < -0.39 is 21.7 Å². The number of aromatic amines is 1. The number of rotatable bonds is 5. The molecule has 0 aliphatic carbocycles. The number of imidazole rings is 1. The Balaban J connectivity index is 1.37. The molecule has 7 nitrogen and oxygen atoms in total. The number of carbonyl (C=O) groups excluding carboxylic acids is 1. The zero-order valence-corrected chi connectivity index (χ0v) is 17.6. The number of fused-ring (bicyclic) bond motifs is 1. The molecule has 2 N–H and O–H groups in total. The van der Waals surface area contributed by atoms with Gasteiger partial charge in [0.25, 0.3) is 0 Å². The highest BCUT2D eigenvalue weighted by Crippen LogP contribution is 2.25. The zero-order valence-electron chi connectivity index (χ0n) is 16.8. The Kier molecular flexibility index (Phi) is 5.76. The van der Waals surface area contributed by atoms with Crippen molar-refractivity contribution in [3.63, 3.8) is 0 Å². The molecule has 1 aromatic heterocycles. The standard InChI is InChI=1S/C21H22F2N4O3S/c1-13(20-25-18-4-2-3-5-19(18)26-20)24-21(28)14-8-10-27(11-9-14)31(29,30)15-6-7-16(22)17(23)12-15/h2-7,12-14H,8-11H2,1H3,(H,24,28)(H,25,26). The smallest absolute Gasteiger partial charge is 0.243 e. The molecule has 1 amide bonds. The van der Waals surface area contributed by atoms with Crippen LogP contribution in [0, 0.1) is 17.6 Å². The lowest BCUT2D eigenvalue weighted by Gasteiger charge is -2.31. The minimum Gasteiger partial charge on any atom is -0.346 e. The third kappa shape index (κ3) is 4.31. The summed E-state index contributed by atoms with van der Waals surface area (Å²) in [6.07, 6.45) is 0.670. The van der Waals surface area contributed by atoms with E-state index in [1.54, 1.807) is 0 Å². The molecule has 2 aromatic carbocycles. The fourth-order valence-corrected chi connectivity index (χ4v) is 5.20. The van der Waals surface area contributed by atoms with Crippen molar-refractivity contribution in [3.05, 3.63) is 59.9 Å². The number of aromatic nitrogens is 2. The van der Waals surface area contributed by atoms with Gasteiger partial charge in [-0.15, -0.1) is 0 Å². The van der Waals surface area contributed by atoms with Crippen LogP contribution in [-0.2, 0) is 14.8 Å². The summed E-state index contributed by atoms with van der Waals surface area (Å²) in [4.78, 5) is 20.1. The monoisotopic (exact) mass is 448 g/mol. The molecule has 31 heavy (non-hydrogen) atoms. The number of para-hydroxylation sites is 2. The number of hydrogen-bond acceptors (Lipinski definition) is 4. The number of hydrogen-bond donors (Lipinski definition) is 2. The zero-order chi connectivity index (χ0) is 22.2. The van der Waals surface area contributed by atoms with Gasteiger partial charge in [-0.2, -0.15) is 4.31 Å². The van der Waals surface area contributed by atoms with Crippen molar-refractivity contribution >= 4 is 27.0 Å². The number of halogens is 2. The summed E-state index contributed by atoms with van der Waals surface area (Å²) in [6.45, 7) is 2.08. The molecule has 2 heterocycles. The molecule has 1 aliphatic heterocycles. The minimum atomic E-state index is -3.95. The van der Waals surface area contributed by atoms with Crippen LogP contribution in [0.2, 0.25) is 0 Å². The van der Waals surface area contributed by atoms with Gasteiger partial charge < -0.3 is 10.3 Å². The predicted molar refractivity (Wildman–Crippen MR) is 110 cm³/mol. The van der Waals surface area contributed by atoms with Crippen molar-refractivity contribution in [2.45, 2.75) is 30.7 Å². The van der Waals surface area contributed by atoms with E-state index in [2.05, 4.69) is 15.3 Å². The van der Waals surface area contributed by atoms with Gasteiger partial charge in [-0.1, -0.05) is 12.1 Å². The number of piperidine rings is 1. The Morgan fingerprint density at radius 2 is 1.87 bits per heavy atom.